The average Bonchev–Trinajstić information content (AvgIpc) is 2.44. The topological polar surface area (TPSA) is 130 Å². The van der Waals surface area contributed by atoms with E-state index in [2.05, 4.69) is 5.32 Å². The Kier molecular flexibility index (Phi) is 18.5. The van der Waals surface area contributed by atoms with Gasteiger partial charge in [-0.25, -0.2) is 4.79 Å². The van der Waals surface area contributed by atoms with Gasteiger partial charge in [0.15, 0.2) is 0 Å². The number of rotatable bonds is 14. The SMILES string of the molecule is NCCCC[C@H](NC(=O)CCCCCCCC(=O)O)C(=O)O.[KH]. The third-order valence-electron chi connectivity index (χ3n) is 3.37. The molecule has 0 aromatic carbocycles. The van der Waals surface area contributed by atoms with Gasteiger partial charge in [-0.1, -0.05) is 19.3 Å². The van der Waals surface area contributed by atoms with E-state index in [9.17, 15) is 14.4 Å². The number of hydrogen-bond acceptors (Lipinski definition) is 4. The zero-order valence-electron chi connectivity index (χ0n) is 13.1. The molecule has 0 radical (unpaired) electrons. The van der Waals surface area contributed by atoms with Crippen molar-refractivity contribution in [1.82, 2.24) is 5.32 Å². The van der Waals surface area contributed by atoms with Gasteiger partial charge in [0.1, 0.15) is 6.04 Å². The molecule has 130 valence electrons. The Hall–Kier alpha value is 0.00636. The van der Waals surface area contributed by atoms with E-state index in [1.54, 1.807) is 0 Å². The minimum atomic E-state index is -1.01. The van der Waals surface area contributed by atoms with Crippen LogP contribution in [0.4, 0.5) is 0 Å². The van der Waals surface area contributed by atoms with E-state index in [0.717, 1.165) is 25.7 Å². The first-order chi connectivity index (χ1) is 10.5. The van der Waals surface area contributed by atoms with Gasteiger partial charge in [-0.05, 0) is 38.6 Å². The van der Waals surface area contributed by atoms with Crippen molar-refractivity contribution >= 4 is 69.2 Å². The number of carbonyl (C=O) groups excluding carboxylic acids is 1. The molecular formula is C15H29KN2O5. The average molecular weight is 357 g/mol. The summed E-state index contributed by atoms with van der Waals surface area (Å²) in [6, 6.07) is -0.838. The fourth-order valence-corrected chi connectivity index (χ4v) is 2.11. The van der Waals surface area contributed by atoms with Gasteiger partial charge in [-0.2, -0.15) is 0 Å². The Bertz CT molecular complexity index is 353. The Labute approximate surface area is 180 Å². The van der Waals surface area contributed by atoms with Crippen molar-refractivity contribution in [2.75, 3.05) is 6.54 Å². The van der Waals surface area contributed by atoms with Crippen LogP contribution in [-0.2, 0) is 14.4 Å². The summed E-state index contributed by atoms with van der Waals surface area (Å²) in [6.07, 6.45) is 6.23. The number of carboxylic acid groups (broad SMARTS) is 2. The van der Waals surface area contributed by atoms with Crippen LogP contribution in [0, 0.1) is 0 Å². The van der Waals surface area contributed by atoms with Crippen molar-refractivity contribution in [1.29, 1.82) is 0 Å². The second-order valence-electron chi connectivity index (χ2n) is 5.40. The van der Waals surface area contributed by atoms with E-state index in [4.69, 9.17) is 15.9 Å². The van der Waals surface area contributed by atoms with Crippen LogP contribution in [0.15, 0.2) is 0 Å². The fourth-order valence-electron chi connectivity index (χ4n) is 2.11. The molecule has 0 fully saturated rings. The van der Waals surface area contributed by atoms with Gasteiger partial charge in [-0.3, -0.25) is 9.59 Å². The molecular weight excluding hydrogens is 327 g/mol. The molecule has 0 aliphatic rings. The van der Waals surface area contributed by atoms with Crippen LogP contribution in [0.3, 0.4) is 0 Å². The molecule has 8 heteroatoms. The van der Waals surface area contributed by atoms with E-state index >= 15 is 0 Å². The minimum absolute atomic E-state index is 0. The summed E-state index contributed by atoms with van der Waals surface area (Å²) in [5.41, 5.74) is 5.36. The summed E-state index contributed by atoms with van der Waals surface area (Å²) in [5.74, 6) is -2.04. The molecule has 0 rings (SSSR count). The Morgan fingerprint density at radius 1 is 0.870 bits per heavy atom. The van der Waals surface area contributed by atoms with Crippen LogP contribution in [0.1, 0.15) is 64.2 Å². The number of amides is 1. The van der Waals surface area contributed by atoms with Crippen molar-refractivity contribution in [2.45, 2.75) is 70.3 Å². The van der Waals surface area contributed by atoms with Gasteiger partial charge in [0, 0.05) is 12.8 Å². The standard InChI is InChI=1S/C15H28N2O5.K.H/c16-11-7-6-8-12(15(21)22)17-13(18)9-4-2-1-3-5-10-14(19)20;;/h12H,1-11,16H2,(H,17,18)(H,19,20)(H,21,22);;/t12-;;/m0../s1. The number of nitrogens with two attached hydrogens (primary N) is 1. The molecule has 0 spiro atoms. The van der Waals surface area contributed by atoms with Crippen LogP contribution in [0.25, 0.3) is 0 Å². The number of hydrogen-bond donors (Lipinski definition) is 4. The molecule has 7 nitrogen and oxygen atoms in total. The second kappa shape index (κ2) is 16.8. The summed E-state index contributed by atoms with van der Waals surface area (Å²) in [7, 11) is 0. The van der Waals surface area contributed by atoms with Gasteiger partial charge in [0.2, 0.25) is 5.91 Å². The van der Waals surface area contributed by atoms with Crippen molar-refractivity contribution in [2.24, 2.45) is 5.73 Å². The molecule has 0 saturated carbocycles. The molecule has 0 aromatic rings. The number of carbonyl (C=O) groups is 3. The number of aliphatic carboxylic acids is 2. The molecule has 23 heavy (non-hydrogen) atoms. The van der Waals surface area contributed by atoms with Crippen LogP contribution in [0.5, 0.6) is 0 Å². The van der Waals surface area contributed by atoms with E-state index in [-0.39, 0.29) is 63.7 Å². The van der Waals surface area contributed by atoms with Crippen LogP contribution >= 0.6 is 0 Å². The van der Waals surface area contributed by atoms with Crippen LogP contribution in [-0.4, -0.2) is 92.0 Å². The first-order valence-electron chi connectivity index (χ1n) is 7.91. The van der Waals surface area contributed by atoms with E-state index in [0.29, 0.717) is 38.6 Å². The Balaban J connectivity index is 0. The third-order valence-corrected chi connectivity index (χ3v) is 3.37. The zero-order valence-corrected chi connectivity index (χ0v) is 13.1. The molecule has 0 unspecified atom stereocenters. The van der Waals surface area contributed by atoms with Gasteiger partial charge in [-0.15, -0.1) is 0 Å². The number of carboxylic acids is 2. The summed E-state index contributed by atoms with van der Waals surface area (Å²) < 4.78 is 0. The molecule has 1 amide bonds. The number of nitrogens with one attached hydrogen (secondary N) is 1. The maximum absolute atomic E-state index is 11.7. The predicted molar refractivity (Wildman–Crippen MR) is 89.6 cm³/mol. The van der Waals surface area contributed by atoms with Gasteiger partial charge < -0.3 is 21.3 Å². The normalized spacial score (nSPS) is 11.3. The molecule has 1 atom stereocenters. The third kappa shape index (κ3) is 16.6. The van der Waals surface area contributed by atoms with Crippen molar-refractivity contribution in [3.8, 4) is 0 Å². The first-order valence-corrected chi connectivity index (χ1v) is 7.91. The quantitative estimate of drug-likeness (QED) is 0.270. The fraction of sp³-hybridized carbons (Fsp3) is 0.800. The summed E-state index contributed by atoms with van der Waals surface area (Å²) in [6.45, 7) is 0.516. The number of unbranched alkanes of at least 4 members (excludes halogenated alkanes) is 5. The Morgan fingerprint density at radius 2 is 1.43 bits per heavy atom. The van der Waals surface area contributed by atoms with Gasteiger partial charge >= 0.3 is 63.3 Å². The van der Waals surface area contributed by atoms with Crippen LogP contribution < -0.4 is 11.1 Å². The monoisotopic (exact) mass is 356 g/mol. The molecule has 5 N–H and O–H groups in total. The van der Waals surface area contributed by atoms with Crippen molar-refractivity contribution in [3.05, 3.63) is 0 Å². The van der Waals surface area contributed by atoms with E-state index in [1.807, 2.05) is 0 Å². The molecule has 0 aliphatic heterocycles. The van der Waals surface area contributed by atoms with Gasteiger partial charge in [0.05, 0.1) is 0 Å². The van der Waals surface area contributed by atoms with E-state index < -0.39 is 18.0 Å². The molecule has 0 saturated heterocycles. The Morgan fingerprint density at radius 3 is 1.96 bits per heavy atom. The zero-order chi connectivity index (χ0) is 16.8. The molecule has 0 bridgehead atoms. The molecule has 0 aromatic heterocycles. The summed E-state index contributed by atoms with van der Waals surface area (Å²) in [4.78, 5) is 33.1. The predicted octanol–water partition coefficient (Wildman–Crippen LogP) is 0.852. The van der Waals surface area contributed by atoms with Crippen molar-refractivity contribution < 1.29 is 24.6 Å². The summed E-state index contributed by atoms with van der Waals surface area (Å²) >= 11 is 0. The second-order valence-corrected chi connectivity index (χ2v) is 5.40. The molecule has 0 aliphatic carbocycles. The van der Waals surface area contributed by atoms with Gasteiger partial charge in [0.25, 0.3) is 0 Å². The van der Waals surface area contributed by atoms with Crippen molar-refractivity contribution in [3.63, 3.8) is 0 Å². The summed E-state index contributed by atoms with van der Waals surface area (Å²) in [5, 5.41) is 20.1. The molecule has 0 heterocycles. The maximum atomic E-state index is 11.7. The van der Waals surface area contributed by atoms with Crippen LogP contribution in [0.2, 0.25) is 0 Å². The first kappa shape index (κ1) is 25.2. The van der Waals surface area contributed by atoms with E-state index in [1.165, 1.54) is 0 Å².